The van der Waals surface area contributed by atoms with E-state index in [1.54, 1.807) is 106 Å². The van der Waals surface area contributed by atoms with Crippen LogP contribution in [-0.2, 0) is 14.3 Å². The second-order valence-corrected chi connectivity index (χ2v) is 10.9. The van der Waals surface area contributed by atoms with Crippen LogP contribution in [-0.4, -0.2) is 40.6 Å². The summed E-state index contributed by atoms with van der Waals surface area (Å²) in [7, 11) is 0. The molecule has 0 heterocycles. The largest absolute Gasteiger partial charge is 0.514 e. The maximum atomic E-state index is 13.4. The van der Waals surface area contributed by atoms with E-state index in [0.717, 1.165) is 4.90 Å². The number of amides is 4. The van der Waals surface area contributed by atoms with Crippen molar-refractivity contribution in [2.45, 2.75) is 32.2 Å². The minimum absolute atomic E-state index is 0.203. The van der Waals surface area contributed by atoms with Crippen molar-refractivity contribution >= 4 is 52.7 Å². The standard InChI is InChI=1S/C34H32N4O7/c1-34(2,3)38(32(42)45-33(43)44)27-17-11-10-16-26(27)37-29(39)23-20-18-22(19-21-23)28(30(40)35-24-12-6-4-7-13-24)31(41)36-25-14-8-5-9-15-25/h4-21,28H,1-3H3,(H,35,40)(H,36,41)(H,37,39)(H,43,44). The smallest absolute Gasteiger partial charge is 0.449 e. The second-order valence-electron chi connectivity index (χ2n) is 10.9. The zero-order valence-corrected chi connectivity index (χ0v) is 24.8. The number of carboxylic acid groups (broad SMARTS) is 1. The van der Waals surface area contributed by atoms with Gasteiger partial charge in [-0.05, 0) is 74.9 Å². The number of benzene rings is 4. The fraction of sp³-hybridized carbons (Fsp3) is 0.147. The SMILES string of the molecule is CC(C)(C)N(C(=O)OC(=O)O)c1ccccc1NC(=O)c1ccc(C(C(=O)Nc2ccccc2)C(=O)Nc2ccccc2)cc1. The summed E-state index contributed by atoms with van der Waals surface area (Å²) in [6.07, 6.45) is -2.89. The predicted molar refractivity (Wildman–Crippen MR) is 170 cm³/mol. The number of ether oxygens (including phenoxy) is 1. The highest BCUT2D eigenvalue weighted by atomic mass is 16.7. The molecule has 0 saturated carbocycles. The minimum Gasteiger partial charge on any atom is -0.449 e. The van der Waals surface area contributed by atoms with E-state index in [9.17, 15) is 24.0 Å². The summed E-state index contributed by atoms with van der Waals surface area (Å²) >= 11 is 0. The lowest BCUT2D eigenvalue weighted by Gasteiger charge is -2.35. The fourth-order valence-electron chi connectivity index (χ4n) is 4.54. The van der Waals surface area contributed by atoms with Gasteiger partial charge in [-0.1, -0.05) is 60.7 Å². The Balaban J connectivity index is 1.59. The predicted octanol–water partition coefficient (Wildman–Crippen LogP) is 6.72. The minimum atomic E-state index is -1.76. The second kappa shape index (κ2) is 14.0. The van der Waals surface area contributed by atoms with Crippen LogP contribution in [0.4, 0.5) is 32.3 Å². The van der Waals surface area contributed by atoms with E-state index in [4.69, 9.17) is 5.11 Å². The molecule has 0 radical (unpaired) electrons. The molecule has 230 valence electrons. The van der Waals surface area contributed by atoms with E-state index in [2.05, 4.69) is 20.7 Å². The van der Waals surface area contributed by atoms with Crippen molar-refractivity contribution in [2.24, 2.45) is 0 Å². The summed E-state index contributed by atoms with van der Waals surface area (Å²) in [6.45, 7) is 5.06. The Kier molecular flexibility index (Phi) is 9.94. The lowest BCUT2D eigenvalue weighted by atomic mass is 9.95. The molecule has 4 aromatic carbocycles. The Morgan fingerprint density at radius 2 is 1.16 bits per heavy atom. The molecule has 4 N–H and O–H groups in total. The van der Waals surface area contributed by atoms with Gasteiger partial charge in [-0.15, -0.1) is 0 Å². The van der Waals surface area contributed by atoms with Crippen molar-refractivity contribution in [3.8, 4) is 0 Å². The average molecular weight is 609 g/mol. The van der Waals surface area contributed by atoms with Crippen molar-refractivity contribution in [1.29, 1.82) is 0 Å². The van der Waals surface area contributed by atoms with Crippen LogP contribution >= 0.6 is 0 Å². The van der Waals surface area contributed by atoms with Crippen LogP contribution in [0.25, 0.3) is 0 Å². The molecule has 0 fully saturated rings. The van der Waals surface area contributed by atoms with Crippen LogP contribution in [0.5, 0.6) is 0 Å². The number of para-hydroxylation sites is 4. The topological polar surface area (TPSA) is 154 Å². The van der Waals surface area contributed by atoms with E-state index in [0.29, 0.717) is 16.9 Å². The van der Waals surface area contributed by atoms with Gasteiger partial charge in [0.2, 0.25) is 11.8 Å². The maximum absolute atomic E-state index is 13.4. The summed E-state index contributed by atoms with van der Waals surface area (Å²) < 4.78 is 4.41. The van der Waals surface area contributed by atoms with E-state index >= 15 is 0 Å². The fourth-order valence-corrected chi connectivity index (χ4v) is 4.54. The van der Waals surface area contributed by atoms with E-state index in [1.165, 1.54) is 24.3 Å². The van der Waals surface area contributed by atoms with Crippen LogP contribution in [0.3, 0.4) is 0 Å². The molecule has 4 amide bonds. The first-order valence-corrected chi connectivity index (χ1v) is 13.9. The molecule has 0 saturated heterocycles. The number of hydrogen-bond donors (Lipinski definition) is 4. The van der Waals surface area contributed by atoms with E-state index in [-0.39, 0.29) is 16.9 Å². The molecule has 45 heavy (non-hydrogen) atoms. The highest BCUT2D eigenvalue weighted by Crippen LogP contribution is 2.32. The molecule has 4 aromatic rings. The van der Waals surface area contributed by atoms with Gasteiger partial charge in [0.05, 0.1) is 11.4 Å². The van der Waals surface area contributed by atoms with Gasteiger partial charge in [-0.2, -0.15) is 0 Å². The molecule has 4 rings (SSSR count). The molecule has 0 bridgehead atoms. The molecule has 0 aliphatic heterocycles. The van der Waals surface area contributed by atoms with Crippen molar-refractivity contribution in [1.82, 2.24) is 0 Å². The van der Waals surface area contributed by atoms with Gasteiger partial charge in [-0.25, -0.2) is 9.59 Å². The zero-order chi connectivity index (χ0) is 32.6. The molecular formula is C34H32N4O7. The first-order chi connectivity index (χ1) is 21.4. The van der Waals surface area contributed by atoms with Gasteiger partial charge in [0, 0.05) is 22.5 Å². The Labute approximate surface area is 259 Å². The van der Waals surface area contributed by atoms with Gasteiger partial charge < -0.3 is 25.8 Å². The first kappa shape index (κ1) is 32.0. The van der Waals surface area contributed by atoms with Crippen LogP contribution < -0.4 is 20.9 Å². The summed E-state index contributed by atoms with van der Waals surface area (Å²) in [5, 5.41) is 17.3. The highest BCUT2D eigenvalue weighted by Gasteiger charge is 2.33. The Hall–Kier alpha value is -5.97. The Morgan fingerprint density at radius 1 is 0.667 bits per heavy atom. The third-order valence-electron chi connectivity index (χ3n) is 6.53. The third-order valence-corrected chi connectivity index (χ3v) is 6.53. The summed E-state index contributed by atoms with van der Waals surface area (Å²) in [5.74, 6) is -2.91. The molecule has 0 unspecified atom stereocenters. The first-order valence-electron chi connectivity index (χ1n) is 13.9. The Bertz CT molecular complexity index is 1630. The third kappa shape index (κ3) is 8.32. The van der Waals surface area contributed by atoms with Gasteiger partial charge in [0.15, 0.2) is 0 Å². The van der Waals surface area contributed by atoms with Gasteiger partial charge >= 0.3 is 12.2 Å². The number of nitrogens with zero attached hydrogens (tertiary/aromatic N) is 1. The van der Waals surface area contributed by atoms with Crippen molar-refractivity contribution in [3.05, 3.63) is 120 Å². The molecular weight excluding hydrogens is 576 g/mol. The number of carbonyl (C=O) groups is 5. The number of carbonyl (C=O) groups excluding carboxylic acids is 4. The summed E-state index contributed by atoms with van der Waals surface area (Å²) in [4.78, 5) is 65.0. The number of rotatable bonds is 8. The van der Waals surface area contributed by atoms with E-state index in [1.807, 2.05) is 0 Å². The van der Waals surface area contributed by atoms with E-state index < -0.39 is 41.4 Å². The number of hydrogen-bond acceptors (Lipinski definition) is 6. The van der Waals surface area contributed by atoms with Crippen molar-refractivity contribution < 1.29 is 33.8 Å². The van der Waals surface area contributed by atoms with Gasteiger partial charge in [0.1, 0.15) is 5.92 Å². The summed E-state index contributed by atoms with van der Waals surface area (Å²) in [6, 6.07) is 29.9. The molecule has 0 aromatic heterocycles. The number of anilines is 4. The molecule has 11 heteroatoms. The van der Waals surface area contributed by atoms with Gasteiger partial charge in [-0.3, -0.25) is 19.3 Å². The molecule has 0 spiro atoms. The quantitative estimate of drug-likeness (QED) is 0.128. The average Bonchev–Trinajstić information content (AvgIpc) is 2.98. The molecule has 0 atom stereocenters. The maximum Gasteiger partial charge on any atom is 0.514 e. The van der Waals surface area contributed by atoms with Crippen molar-refractivity contribution in [2.75, 3.05) is 20.9 Å². The number of nitrogens with one attached hydrogen (secondary N) is 3. The molecule has 11 nitrogen and oxygen atoms in total. The summed E-state index contributed by atoms with van der Waals surface area (Å²) in [5.41, 5.74) is 1.13. The lowest BCUT2D eigenvalue weighted by Crippen LogP contribution is -2.47. The van der Waals surface area contributed by atoms with Crippen molar-refractivity contribution in [3.63, 3.8) is 0 Å². The normalized spacial score (nSPS) is 10.8. The molecule has 0 aliphatic carbocycles. The monoisotopic (exact) mass is 608 g/mol. The Morgan fingerprint density at radius 3 is 1.64 bits per heavy atom. The van der Waals surface area contributed by atoms with Crippen LogP contribution in [0.15, 0.2) is 109 Å². The van der Waals surface area contributed by atoms with Crippen LogP contribution in [0, 0.1) is 0 Å². The molecule has 0 aliphatic rings. The van der Waals surface area contributed by atoms with Crippen LogP contribution in [0.1, 0.15) is 42.6 Å². The van der Waals surface area contributed by atoms with Gasteiger partial charge in [0.25, 0.3) is 5.91 Å². The highest BCUT2D eigenvalue weighted by molar-refractivity contribution is 6.15. The lowest BCUT2D eigenvalue weighted by molar-refractivity contribution is -0.126. The zero-order valence-electron chi connectivity index (χ0n) is 24.8. The van der Waals surface area contributed by atoms with Crippen LogP contribution in [0.2, 0.25) is 0 Å².